The molecule has 0 N–H and O–H groups in total. The van der Waals surface area contributed by atoms with Crippen molar-refractivity contribution < 1.29 is 9.47 Å². The molecule has 1 saturated carbocycles. The fraction of sp³-hybridized carbons (Fsp3) is 0.500. The van der Waals surface area contributed by atoms with E-state index in [4.69, 9.17) is 9.47 Å². The molecule has 0 saturated heterocycles. The Balaban J connectivity index is 1.94. The highest BCUT2D eigenvalue weighted by atomic mass is 16.7. The molecule has 1 aromatic rings. The average Bonchev–Trinajstić information content (AvgIpc) is 3.02. The third-order valence-corrected chi connectivity index (χ3v) is 4.48. The number of benzene rings is 1. The first-order valence-electron chi connectivity index (χ1n) is 6.64. The normalized spacial score (nSPS) is 33.5. The summed E-state index contributed by atoms with van der Waals surface area (Å²) in [5.74, 6) is 2.23. The van der Waals surface area contributed by atoms with Crippen LogP contribution in [0.2, 0.25) is 0 Å². The van der Waals surface area contributed by atoms with Crippen LogP contribution in [0.15, 0.2) is 42.5 Å². The molecule has 2 bridgehead atoms. The molecule has 0 amide bonds. The highest BCUT2D eigenvalue weighted by molar-refractivity contribution is 5.29. The van der Waals surface area contributed by atoms with Crippen LogP contribution in [0.3, 0.4) is 0 Å². The Morgan fingerprint density at radius 2 is 1.67 bits per heavy atom. The van der Waals surface area contributed by atoms with Crippen LogP contribution in [-0.4, -0.2) is 20.5 Å². The molecule has 1 aromatic carbocycles. The van der Waals surface area contributed by atoms with Crippen LogP contribution >= 0.6 is 0 Å². The molecular weight excluding hydrogens is 224 g/mol. The lowest BCUT2D eigenvalue weighted by Gasteiger charge is -2.33. The van der Waals surface area contributed by atoms with Gasteiger partial charge in [-0.05, 0) is 29.7 Å². The Labute approximate surface area is 109 Å². The summed E-state index contributed by atoms with van der Waals surface area (Å²) in [6.45, 7) is 0. The van der Waals surface area contributed by atoms with E-state index in [-0.39, 0.29) is 6.29 Å². The van der Waals surface area contributed by atoms with E-state index in [1.165, 1.54) is 12.0 Å². The van der Waals surface area contributed by atoms with E-state index in [1.54, 1.807) is 14.2 Å². The van der Waals surface area contributed by atoms with Crippen LogP contribution in [-0.2, 0) is 9.47 Å². The SMILES string of the molecule is COC(OC)[C@H]1[C@H](c2ccccc2)[C@@H]2C=C[C@H]1C2. The molecule has 2 nitrogen and oxygen atoms in total. The summed E-state index contributed by atoms with van der Waals surface area (Å²) in [5.41, 5.74) is 1.42. The fourth-order valence-corrected chi connectivity index (χ4v) is 3.79. The minimum atomic E-state index is -0.102. The van der Waals surface area contributed by atoms with Crippen molar-refractivity contribution in [2.24, 2.45) is 17.8 Å². The largest absolute Gasteiger partial charge is 0.356 e. The molecule has 0 heterocycles. The Kier molecular flexibility index (Phi) is 3.23. The first kappa shape index (κ1) is 11.9. The number of hydrogen-bond donors (Lipinski definition) is 0. The van der Waals surface area contributed by atoms with Gasteiger partial charge in [0.1, 0.15) is 0 Å². The summed E-state index contributed by atoms with van der Waals surface area (Å²) in [5, 5.41) is 0. The van der Waals surface area contributed by atoms with E-state index in [9.17, 15) is 0 Å². The molecule has 2 aliphatic rings. The molecule has 2 heteroatoms. The molecule has 96 valence electrons. The second-order valence-corrected chi connectivity index (χ2v) is 5.30. The second-order valence-electron chi connectivity index (χ2n) is 5.30. The predicted molar refractivity (Wildman–Crippen MR) is 71.2 cm³/mol. The van der Waals surface area contributed by atoms with E-state index >= 15 is 0 Å². The molecule has 0 radical (unpaired) electrons. The predicted octanol–water partition coefficient (Wildman–Crippen LogP) is 3.21. The van der Waals surface area contributed by atoms with Gasteiger partial charge in [0.2, 0.25) is 0 Å². The maximum atomic E-state index is 5.53. The topological polar surface area (TPSA) is 18.5 Å². The van der Waals surface area contributed by atoms with Crippen LogP contribution in [0.4, 0.5) is 0 Å². The van der Waals surface area contributed by atoms with E-state index in [0.29, 0.717) is 23.7 Å². The fourth-order valence-electron chi connectivity index (χ4n) is 3.79. The van der Waals surface area contributed by atoms with Gasteiger partial charge in [-0.3, -0.25) is 0 Å². The van der Waals surface area contributed by atoms with Gasteiger partial charge in [0.25, 0.3) is 0 Å². The zero-order chi connectivity index (χ0) is 12.5. The van der Waals surface area contributed by atoms with Crippen molar-refractivity contribution in [3.8, 4) is 0 Å². The third kappa shape index (κ3) is 1.80. The lowest BCUT2D eigenvalue weighted by atomic mass is 9.78. The van der Waals surface area contributed by atoms with E-state index in [2.05, 4.69) is 42.5 Å². The van der Waals surface area contributed by atoms with Crippen molar-refractivity contribution in [3.63, 3.8) is 0 Å². The summed E-state index contributed by atoms with van der Waals surface area (Å²) >= 11 is 0. The molecular formula is C16H20O2. The molecule has 4 atom stereocenters. The lowest BCUT2D eigenvalue weighted by Crippen LogP contribution is -2.32. The van der Waals surface area contributed by atoms with Crippen molar-refractivity contribution in [1.29, 1.82) is 0 Å². The van der Waals surface area contributed by atoms with Gasteiger partial charge < -0.3 is 9.47 Å². The zero-order valence-corrected chi connectivity index (χ0v) is 11.0. The van der Waals surface area contributed by atoms with E-state index in [0.717, 1.165) is 0 Å². The summed E-state index contributed by atoms with van der Waals surface area (Å²) in [6.07, 6.45) is 5.87. The minimum Gasteiger partial charge on any atom is -0.356 e. The van der Waals surface area contributed by atoms with Gasteiger partial charge in [-0.15, -0.1) is 0 Å². The Hall–Kier alpha value is -1.12. The molecule has 2 aliphatic carbocycles. The van der Waals surface area contributed by atoms with Crippen LogP contribution in [0.25, 0.3) is 0 Å². The van der Waals surface area contributed by atoms with Gasteiger partial charge in [0, 0.05) is 20.1 Å². The molecule has 18 heavy (non-hydrogen) atoms. The average molecular weight is 244 g/mol. The number of allylic oxidation sites excluding steroid dienone is 2. The summed E-state index contributed by atoms with van der Waals surface area (Å²) in [6, 6.07) is 10.8. The third-order valence-electron chi connectivity index (χ3n) is 4.48. The standard InChI is InChI=1S/C16H20O2/c1-17-16(18-2)15-13-9-8-12(10-13)14(15)11-6-4-3-5-7-11/h3-9,12-16H,10H2,1-2H3/t12-,13+,14-,15-/m1/s1. The number of ether oxygens (including phenoxy) is 2. The van der Waals surface area contributed by atoms with Crippen molar-refractivity contribution in [2.75, 3.05) is 14.2 Å². The van der Waals surface area contributed by atoms with Crippen LogP contribution in [0.5, 0.6) is 0 Å². The van der Waals surface area contributed by atoms with Crippen molar-refractivity contribution in [1.82, 2.24) is 0 Å². The number of fused-ring (bicyclic) bond motifs is 2. The zero-order valence-electron chi connectivity index (χ0n) is 11.0. The Morgan fingerprint density at radius 1 is 1.00 bits per heavy atom. The minimum absolute atomic E-state index is 0.102. The highest BCUT2D eigenvalue weighted by Gasteiger charge is 2.48. The van der Waals surface area contributed by atoms with Crippen molar-refractivity contribution >= 4 is 0 Å². The first-order chi connectivity index (χ1) is 8.85. The molecule has 1 fully saturated rings. The maximum Gasteiger partial charge on any atom is 0.160 e. The second kappa shape index (κ2) is 4.87. The monoisotopic (exact) mass is 244 g/mol. The van der Waals surface area contributed by atoms with Gasteiger partial charge in [-0.25, -0.2) is 0 Å². The molecule has 0 unspecified atom stereocenters. The summed E-state index contributed by atoms with van der Waals surface area (Å²) in [4.78, 5) is 0. The Morgan fingerprint density at radius 3 is 2.33 bits per heavy atom. The van der Waals surface area contributed by atoms with Crippen LogP contribution in [0.1, 0.15) is 17.9 Å². The molecule has 0 spiro atoms. The summed E-state index contributed by atoms with van der Waals surface area (Å²) in [7, 11) is 3.48. The van der Waals surface area contributed by atoms with E-state index < -0.39 is 0 Å². The summed E-state index contributed by atoms with van der Waals surface area (Å²) < 4.78 is 11.1. The van der Waals surface area contributed by atoms with Crippen molar-refractivity contribution in [2.45, 2.75) is 18.6 Å². The quantitative estimate of drug-likeness (QED) is 0.598. The first-order valence-corrected chi connectivity index (χ1v) is 6.64. The number of rotatable bonds is 4. The smallest absolute Gasteiger partial charge is 0.160 e. The maximum absolute atomic E-state index is 5.53. The lowest BCUT2D eigenvalue weighted by molar-refractivity contribution is -0.146. The molecule has 0 aromatic heterocycles. The van der Waals surface area contributed by atoms with Gasteiger partial charge >= 0.3 is 0 Å². The highest BCUT2D eigenvalue weighted by Crippen LogP contribution is 2.54. The Bertz CT molecular complexity index is 422. The van der Waals surface area contributed by atoms with E-state index in [1.807, 2.05) is 0 Å². The van der Waals surface area contributed by atoms with Crippen LogP contribution < -0.4 is 0 Å². The molecule has 3 rings (SSSR count). The van der Waals surface area contributed by atoms with Crippen LogP contribution in [0, 0.1) is 17.8 Å². The van der Waals surface area contributed by atoms with Gasteiger partial charge in [-0.2, -0.15) is 0 Å². The van der Waals surface area contributed by atoms with Gasteiger partial charge in [-0.1, -0.05) is 42.5 Å². The molecule has 0 aliphatic heterocycles. The number of hydrogen-bond acceptors (Lipinski definition) is 2. The van der Waals surface area contributed by atoms with Gasteiger partial charge in [0.05, 0.1) is 0 Å². The van der Waals surface area contributed by atoms with Gasteiger partial charge in [0.15, 0.2) is 6.29 Å². The van der Waals surface area contributed by atoms with Crippen molar-refractivity contribution in [3.05, 3.63) is 48.0 Å². The number of methoxy groups -OCH3 is 2.